The fraction of sp³-hybridized carbons (Fsp3) is 0.294. The van der Waals surface area contributed by atoms with Gasteiger partial charge in [-0.3, -0.25) is 0 Å². The normalized spacial score (nSPS) is 20.0. The van der Waals surface area contributed by atoms with Gasteiger partial charge in [0.15, 0.2) is 0 Å². The molecule has 2 amide bonds. The van der Waals surface area contributed by atoms with E-state index in [4.69, 9.17) is 0 Å². The van der Waals surface area contributed by atoms with Crippen molar-refractivity contribution in [1.82, 2.24) is 19.9 Å². The van der Waals surface area contributed by atoms with Crippen molar-refractivity contribution in [1.29, 1.82) is 0 Å². The Morgan fingerprint density at radius 3 is 2.44 bits per heavy atom. The third-order valence-electron chi connectivity index (χ3n) is 4.40. The maximum absolute atomic E-state index is 13.5. The highest BCUT2D eigenvalue weighted by Crippen LogP contribution is 2.33. The fourth-order valence-corrected chi connectivity index (χ4v) is 3.11. The van der Waals surface area contributed by atoms with Gasteiger partial charge in [-0.05, 0) is 23.8 Å². The summed E-state index contributed by atoms with van der Waals surface area (Å²) in [5.74, 6) is -0.527. The van der Waals surface area contributed by atoms with Crippen molar-refractivity contribution in [2.75, 3.05) is 13.1 Å². The number of benzene rings is 1. The Bertz CT molecular complexity index is 803. The molecular weight excluding hydrogens is 328 g/mol. The van der Waals surface area contributed by atoms with Crippen LogP contribution in [0.4, 0.5) is 13.6 Å². The highest BCUT2D eigenvalue weighted by atomic mass is 19.1. The monoisotopic (exact) mass is 343 g/mol. The summed E-state index contributed by atoms with van der Waals surface area (Å²) < 4.78 is 27.0. The highest BCUT2D eigenvalue weighted by molar-refractivity contribution is 5.79. The van der Waals surface area contributed by atoms with Gasteiger partial charge in [0, 0.05) is 44.2 Å². The Kier molecular flexibility index (Phi) is 3.87. The molecule has 1 unspecified atom stereocenters. The fourth-order valence-electron chi connectivity index (χ4n) is 3.11. The van der Waals surface area contributed by atoms with Gasteiger partial charge < -0.3 is 4.90 Å². The van der Waals surface area contributed by atoms with E-state index in [1.54, 1.807) is 29.6 Å². The molecule has 1 saturated heterocycles. The van der Waals surface area contributed by atoms with Gasteiger partial charge >= 0.3 is 6.03 Å². The second-order valence-corrected chi connectivity index (χ2v) is 6.09. The van der Waals surface area contributed by atoms with Crippen LogP contribution in [0.1, 0.15) is 29.8 Å². The second kappa shape index (κ2) is 6.19. The van der Waals surface area contributed by atoms with Crippen LogP contribution in [0.15, 0.2) is 41.8 Å². The molecule has 0 N–H and O–H groups in total. The molecule has 25 heavy (non-hydrogen) atoms. The molecule has 0 saturated carbocycles. The van der Waals surface area contributed by atoms with Crippen LogP contribution in [-0.4, -0.2) is 45.2 Å². The lowest BCUT2D eigenvalue weighted by molar-refractivity contribution is 0.103. The molecule has 2 aliphatic heterocycles. The molecule has 1 aromatic carbocycles. The van der Waals surface area contributed by atoms with E-state index in [0.717, 1.165) is 6.07 Å². The first-order valence-corrected chi connectivity index (χ1v) is 7.95. The first-order chi connectivity index (χ1) is 12.1. The van der Waals surface area contributed by atoms with E-state index in [2.05, 4.69) is 15.1 Å². The van der Waals surface area contributed by atoms with Crippen molar-refractivity contribution in [2.24, 2.45) is 5.10 Å². The predicted octanol–water partition coefficient (Wildman–Crippen LogP) is 2.71. The SMILES string of the molecule is O=C(N1CC(c2ncccn2)C1)N1N=CCC1c1cc(F)cc(F)c1. The summed E-state index contributed by atoms with van der Waals surface area (Å²) in [6, 6.07) is 4.25. The zero-order valence-corrected chi connectivity index (χ0v) is 13.2. The highest BCUT2D eigenvalue weighted by Gasteiger charge is 2.39. The molecule has 0 bridgehead atoms. The van der Waals surface area contributed by atoms with E-state index >= 15 is 0 Å². The van der Waals surface area contributed by atoms with E-state index in [-0.39, 0.29) is 11.9 Å². The Morgan fingerprint density at radius 2 is 1.76 bits per heavy atom. The van der Waals surface area contributed by atoms with E-state index in [1.807, 2.05) is 0 Å². The van der Waals surface area contributed by atoms with Gasteiger partial charge in [0.2, 0.25) is 0 Å². The molecule has 1 aromatic heterocycles. The quantitative estimate of drug-likeness (QED) is 0.842. The van der Waals surface area contributed by atoms with Crippen molar-refractivity contribution in [3.63, 3.8) is 0 Å². The third-order valence-corrected chi connectivity index (χ3v) is 4.40. The molecule has 8 heteroatoms. The lowest BCUT2D eigenvalue weighted by Gasteiger charge is -2.40. The lowest BCUT2D eigenvalue weighted by Crippen LogP contribution is -2.53. The lowest BCUT2D eigenvalue weighted by atomic mass is 9.99. The van der Waals surface area contributed by atoms with Crippen LogP contribution in [0.5, 0.6) is 0 Å². The maximum Gasteiger partial charge on any atom is 0.341 e. The minimum atomic E-state index is -0.667. The number of halogens is 2. The van der Waals surface area contributed by atoms with Gasteiger partial charge in [-0.2, -0.15) is 5.10 Å². The third kappa shape index (κ3) is 2.95. The van der Waals surface area contributed by atoms with Gasteiger partial charge in [-0.1, -0.05) is 0 Å². The molecule has 0 spiro atoms. The smallest absolute Gasteiger partial charge is 0.322 e. The minimum Gasteiger partial charge on any atom is -0.322 e. The average molecular weight is 343 g/mol. The number of amides is 2. The number of rotatable bonds is 2. The van der Waals surface area contributed by atoms with Crippen LogP contribution >= 0.6 is 0 Å². The van der Waals surface area contributed by atoms with E-state index in [0.29, 0.717) is 30.9 Å². The number of likely N-dealkylation sites (tertiary alicyclic amines) is 1. The van der Waals surface area contributed by atoms with Gasteiger partial charge in [0.1, 0.15) is 17.5 Å². The number of carbonyl (C=O) groups is 1. The largest absolute Gasteiger partial charge is 0.341 e. The zero-order valence-electron chi connectivity index (χ0n) is 13.2. The second-order valence-electron chi connectivity index (χ2n) is 6.09. The van der Waals surface area contributed by atoms with Crippen LogP contribution in [0, 0.1) is 11.6 Å². The molecule has 128 valence electrons. The van der Waals surface area contributed by atoms with Crippen LogP contribution in [-0.2, 0) is 0 Å². The number of aromatic nitrogens is 2. The Hall–Kier alpha value is -2.90. The van der Waals surface area contributed by atoms with Gasteiger partial charge in [-0.25, -0.2) is 28.6 Å². The number of carbonyl (C=O) groups excluding carboxylic acids is 1. The first kappa shape index (κ1) is 15.6. The molecule has 4 rings (SSSR count). The molecule has 0 radical (unpaired) electrons. The van der Waals surface area contributed by atoms with Crippen molar-refractivity contribution < 1.29 is 13.6 Å². The van der Waals surface area contributed by atoms with Crippen molar-refractivity contribution in [3.8, 4) is 0 Å². The topological polar surface area (TPSA) is 61.7 Å². The minimum absolute atomic E-state index is 0.0989. The van der Waals surface area contributed by atoms with Gasteiger partial charge in [-0.15, -0.1) is 0 Å². The molecule has 3 heterocycles. The summed E-state index contributed by atoms with van der Waals surface area (Å²) in [6.07, 6.45) is 5.36. The van der Waals surface area contributed by atoms with Gasteiger partial charge in [0.05, 0.1) is 12.0 Å². The number of hydrazone groups is 1. The zero-order chi connectivity index (χ0) is 17.4. The average Bonchev–Trinajstić information content (AvgIpc) is 3.03. The van der Waals surface area contributed by atoms with E-state index in [1.165, 1.54) is 17.1 Å². The van der Waals surface area contributed by atoms with Crippen LogP contribution in [0.3, 0.4) is 0 Å². The Labute approximate surface area is 142 Å². The summed E-state index contributed by atoms with van der Waals surface area (Å²) in [4.78, 5) is 22.7. The number of hydrogen-bond donors (Lipinski definition) is 0. The Balaban J connectivity index is 1.46. The molecule has 1 atom stereocenters. The van der Waals surface area contributed by atoms with Crippen molar-refractivity contribution in [3.05, 3.63) is 59.7 Å². The molecular formula is C17H15F2N5O. The molecule has 1 fully saturated rings. The summed E-state index contributed by atoms with van der Waals surface area (Å²) in [5.41, 5.74) is 0.395. The summed E-state index contributed by atoms with van der Waals surface area (Å²) in [5, 5.41) is 5.38. The predicted molar refractivity (Wildman–Crippen MR) is 85.8 cm³/mol. The van der Waals surface area contributed by atoms with Crippen LogP contribution in [0.2, 0.25) is 0 Å². The molecule has 2 aromatic rings. The van der Waals surface area contributed by atoms with Gasteiger partial charge in [0.25, 0.3) is 0 Å². The Morgan fingerprint density at radius 1 is 1.08 bits per heavy atom. The summed E-state index contributed by atoms with van der Waals surface area (Å²) >= 11 is 0. The number of nitrogens with zero attached hydrogens (tertiary/aromatic N) is 5. The van der Waals surface area contributed by atoms with Crippen LogP contribution in [0.25, 0.3) is 0 Å². The summed E-state index contributed by atoms with van der Waals surface area (Å²) in [7, 11) is 0. The van der Waals surface area contributed by atoms with Crippen LogP contribution < -0.4 is 0 Å². The molecule has 2 aliphatic rings. The maximum atomic E-state index is 13.5. The first-order valence-electron chi connectivity index (χ1n) is 7.95. The van der Waals surface area contributed by atoms with Crippen molar-refractivity contribution >= 4 is 12.2 Å². The van der Waals surface area contributed by atoms with E-state index < -0.39 is 17.7 Å². The summed E-state index contributed by atoms with van der Waals surface area (Å²) in [6.45, 7) is 0.998. The number of hydrogen-bond acceptors (Lipinski definition) is 4. The van der Waals surface area contributed by atoms with Crippen molar-refractivity contribution in [2.45, 2.75) is 18.4 Å². The van der Waals surface area contributed by atoms with E-state index in [9.17, 15) is 13.6 Å². The molecule has 0 aliphatic carbocycles. The number of urea groups is 1. The molecule has 6 nitrogen and oxygen atoms in total. The standard InChI is InChI=1S/C17H15F2N5O/c18-13-6-11(7-14(19)8-13)15-2-5-22-24(15)17(25)23-9-12(10-23)16-20-3-1-4-21-16/h1,3-8,12,15H,2,9-10H2.